The Morgan fingerprint density at radius 1 is 1.25 bits per heavy atom. The van der Waals surface area contributed by atoms with Crippen LogP contribution in [0.1, 0.15) is 27.2 Å². The number of hydrogen-bond acceptors (Lipinski definition) is 4. The van der Waals surface area contributed by atoms with Crippen LogP contribution in [0.3, 0.4) is 0 Å². The van der Waals surface area contributed by atoms with Gasteiger partial charge in [-0.3, -0.25) is 4.79 Å². The predicted octanol–water partition coefficient (Wildman–Crippen LogP) is 0.527. The van der Waals surface area contributed by atoms with E-state index in [1.165, 1.54) is 0 Å². The maximum Gasteiger partial charge on any atom is 0.315 e. The van der Waals surface area contributed by atoms with Crippen LogP contribution in [-0.2, 0) is 9.53 Å². The van der Waals surface area contributed by atoms with Gasteiger partial charge in [-0.15, -0.1) is 0 Å². The number of piperidine rings is 2. The lowest BCUT2D eigenvalue weighted by molar-refractivity contribution is -0.171. The Morgan fingerprint density at radius 2 is 1.81 bits per heavy atom. The number of rotatable bonds is 1. The minimum atomic E-state index is -0.393. The van der Waals surface area contributed by atoms with E-state index in [9.17, 15) is 4.79 Å². The molecule has 0 aliphatic carbocycles. The van der Waals surface area contributed by atoms with Crippen molar-refractivity contribution in [1.29, 1.82) is 0 Å². The second-order valence-corrected chi connectivity index (χ2v) is 6.11. The summed E-state index contributed by atoms with van der Waals surface area (Å²) in [6.45, 7) is 9.27. The molecule has 0 saturated carbocycles. The first-order valence-electron chi connectivity index (χ1n) is 6.06. The zero-order valence-corrected chi connectivity index (χ0v) is 10.4. The summed E-state index contributed by atoms with van der Waals surface area (Å²) < 4.78 is 5.53. The van der Waals surface area contributed by atoms with E-state index in [0.29, 0.717) is 5.92 Å². The fraction of sp³-hybridized carbons (Fsp3) is 0.917. The van der Waals surface area contributed by atoms with Gasteiger partial charge in [0.2, 0.25) is 0 Å². The molecule has 2 rings (SSSR count). The summed E-state index contributed by atoms with van der Waals surface area (Å²) in [7, 11) is 0. The lowest BCUT2D eigenvalue weighted by Crippen LogP contribution is -2.60. The van der Waals surface area contributed by atoms with Crippen LogP contribution < -0.4 is 10.6 Å². The Labute approximate surface area is 97.1 Å². The molecule has 2 aliphatic rings. The third-order valence-corrected chi connectivity index (χ3v) is 3.30. The Balaban J connectivity index is 2.08. The highest BCUT2D eigenvalue weighted by atomic mass is 16.6. The molecule has 0 amide bonds. The zero-order valence-electron chi connectivity index (χ0n) is 10.4. The molecule has 0 unspecified atom stereocenters. The summed E-state index contributed by atoms with van der Waals surface area (Å²) in [4.78, 5) is 12.2. The fourth-order valence-corrected chi connectivity index (χ4v) is 2.62. The van der Waals surface area contributed by atoms with Crippen molar-refractivity contribution < 1.29 is 9.53 Å². The SMILES string of the molecule is CC(C)(C)OC(=O)C12CNCC(CNC1)C2. The molecule has 2 fully saturated rings. The van der Waals surface area contributed by atoms with Crippen molar-refractivity contribution in [3.63, 3.8) is 0 Å². The van der Waals surface area contributed by atoms with Crippen LogP contribution in [0.15, 0.2) is 0 Å². The average molecular weight is 226 g/mol. The van der Waals surface area contributed by atoms with Gasteiger partial charge >= 0.3 is 5.97 Å². The van der Waals surface area contributed by atoms with Crippen molar-refractivity contribution in [3.05, 3.63) is 0 Å². The quantitative estimate of drug-likeness (QED) is 0.640. The number of carbonyl (C=O) groups excluding carboxylic acids is 1. The lowest BCUT2D eigenvalue weighted by atomic mass is 9.73. The van der Waals surface area contributed by atoms with Gasteiger partial charge in [0, 0.05) is 13.1 Å². The largest absolute Gasteiger partial charge is 0.459 e. The molecule has 0 spiro atoms. The monoisotopic (exact) mass is 226 g/mol. The standard InChI is InChI=1S/C12H22N2O2/c1-11(2,3)16-10(15)12-4-9(5-13-7-12)6-14-8-12/h9,13-14H,4-8H2,1-3H3. The molecule has 0 radical (unpaired) electrons. The Bertz CT molecular complexity index is 273. The minimum absolute atomic E-state index is 0.0515. The van der Waals surface area contributed by atoms with Gasteiger partial charge in [0.05, 0.1) is 5.41 Å². The van der Waals surface area contributed by atoms with Crippen LogP contribution in [0, 0.1) is 11.3 Å². The van der Waals surface area contributed by atoms with Gasteiger partial charge in [0.25, 0.3) is 0 Å². The smallest absolute Gasteiger partial charge is 0.315 e. The molecular weight excluding hydrogens is 204 g/mol. The van der Waals surface area contributed by atoms with Crippen molar-refractivity contribution in [3.8, 4) is 0 Å². The number of carbonyl (C=O) groups is 1. The summed E-state index contributed by atoms with van der Waals surface area (Å²) in [5.41, 5.74) is -0.731. The number of ether oxygens (including phenoxy) is 1. The van der Waals surface area contributed by atoms with E-state index in [4.69, 9.17) is 4.74 Å². The van der Waals surface area contributed by atoms with E-state index < -0.39 is 5.60 Å². The van der Waals surface area contributed by atoms with E-state index in [-0.39, 0.29) is 11.4 Å². The number of esters is 1. The Morgan fingerprint density at radius 3 is 2.31 bits per heavy atom. The van der Waals surface area contributed by atoms with E-state index in [1.807, 2.05) is 20.8 Å². The average Bonchev–Trinajstić information content (AvgIpc) is 2.15. The van der Waals surface area contributed by atoms with Gasteiger partial charge < -0.3 is 15.4 Å². The number of hydrogen-bond donors (Lipinski definition) is 2. The molecule has 4 nitrogen and oxygen atoms in total. The summed E-state index contributed by atoms with van der Waals surface area (Å²) in [5, 5.41) is 6.71. The molecule has 0 atom stereocenters. The molecule has 0 aromatic rings. The first-order chi connectivity index (χ1) is 7.41. The second-order valence-electron chi connectivity index (χ2n) is 6.11. The third-order valence-electron chi connectivity index (χ3n) is 3.30. The predicted molar refractivity (Wildman–Crippen MR) is 62.1 cm³/mol. The molecule has 2 saturated heterocycles. The van der Waals surface area contributed by atoms with Crippen molar-refractivity contribution in [2.45, 2.75) is 32.8 Å². The zero-order chi connectivity index (χ0) is 11.8. The van der Waals surface area contributed by atoms with Crippen LogP contribution in [0.5, 0.6) is 0 Å². The van der Waals surface area contributed by atoms with Crippen LogP contribution >= 0.6 is 0 Å². The van der Waals surface area contributed by atoms with Crippen LogP contribution in [0.4, 0.5) is 0 Å². The van der Waals surface area contributed by atoms with Gasteiger partial charge in [0.15, 0.2) is 0 Å². The maximum atomic E-state index is 12.2. The summed E-state index contributed by atoms with van der Waals surface area (Å²) in [6, 6.07) is 0. The summed E-state index contributed by atoms with van der Waals surface area (Å²) in [5.74, 6) is 0.513. The summed E-state index contributed by atoms with van der Waals surface area (Å²) in [6.07, 6.45) is 0.960. The van der Waals surface area contributed by atoms with Gasteiger partial charge in [-0.1, -0.05) is 0 Å². The van der Waals surface area contributed by atoms with Gasteiger partial charge in [0.1, 0.15) is 5.60 Å². The van der Waals surface area contributed by atoms with Crippen molar-refractivity contribution in [2.24, 2.45) is 11.3 Å². The first kappa shape index (κ1) is 11.9. The lowest BCUT2D eigenvalue weighted by Gasteiger charge is -2.44. The Kier molecular flexibility index (Phi) is 2.97. The molecule has 0 aromatic heterocycles. The molecule has 0 aromatic carbocycles. The Hall–Kier alpha value is -0.610. The van der Waals surface area contributed by atoms with Crippen LogP contribution in [0.2, 0.25) is 0 Å². The fourth-order valence-electron chi connectivity index (χ4n) is 2.62. The molecule has 16 heavy (non-hydrogen) atoms. The van der Waals surface area contributed by atoms with E-state index in [0.717, 1.165) is 32.6 Å². The first-order valence-corrected chi connectivity index (χ1v) is 6.06. The minimum Gasteiger partial charge on any atom is -0.459 e. The number of fused-ring (bicyclic) bond motifs is 2. The van der Waals surface area contributed by atoms with Crippen LogP contribution in [-0.4, -0.2) is 37.7 Å². The van der Waals surface area contributed by atoms with E-state index in [2.05, 4.69) is 10.6 Å². The van der Waals surface area contributed by atoms with Gasteiger partial charge in [-0.2, -0.15) is 0 Å². The molecule has 2 aliphatic heterocycles. The highest BCUT2D eigenvalue weighted by Crippen LogP contribution is 2.34. The summed E-state index contributed by atoms with van der Waals surface area (Å²) >= 11 is 0. The third kappa shape index (κ3) is 2.38. The van der Waals surface area contributed by atoms with Crippen LogP contribution in [0.25, 0.3) is 0 Å². The topological polar surface area (TPSA) is 50.4 Å². The normalized spacial score (nSPS) is 34.6. The molecular formula is C12H22N2O2. The maximum absolute atomic E-state index is 12.2. The molecule has 4 heteroatoms. The molecule has 2 bridgehead atoms. The second kappa shape index (κ2) is 4.00. The molecule has 2 N–H and O–H groups in total. The highest BCUT2D eigenvalue weighted by molar-refractivity contribution is 5.78. The van der Waals surface area contributed by atoms with Gasteiger partial charge in [-0.25, -0.2) is 0 Å². The number of nitrogens with one attached hydrogen (secondary N) is 2. The van der Waals surface area contributed by atoms with Crippen molar-refractivity contribution in [1.82, 2.24) is 10.6 Å². The highest BCUT2D eigenvalue weighted by Gasteiger charge is 2.47. The van der Waals surface area contributed by atoms with Crippen molar-refractivity contribution in [2.75, 3.05) is 26.2 Å². The van der Waals surface area contributed by atoms with E-state index >= 15 is 0 Å². The molecule has 92 valence electrons. The van der Waals surface area contributed by atoms with Gasteiger partial charge in [-0.05, 0) is 46.2 Å². The van der Waals surface area contributed by atoms with Crippen molar-refractivity contribution >= 4 is 5.97 Å². The molecule has 2 heterocycles. The van der Waals surface area contributed by atoms with E-state index in [1.54, 1.807) is 0 Å².